The van der Waals surface area contributed by atoms with Gasteiger partial charge in [-0.1, -0.05) is 0 Å². The van der Waals surface area contributed by atoms with E-state index in [1.807, 2.05) is 6.92 Å². The zero-order chi connectivity index (χ0) is 13.8. The maximum absolute atomic E-state index is 12.3. The Hall–Kier alpha value is -1.77. The van der Waals surface area contributed by atoms with Gasteiger partial charge in [0.1, 0.15) is 5.69 Å². The van der Waals surface area contributed by atoms with Crippen molar-refractivity contribution >= 4 is 11.7 Å². The average molecular weight is 267 g/mol. The van der Waals surface area contributed by atoms with Gasteiger partial charge in [0.05, 0.1) is 31.2 Å². The Kier molecular flexibility index (Phi) is 4.25. The van der Waals surface area contributed by atoms with Crippen LogP contribution in [0, 0.1) is 0 Å². The highest BCUT2D eigenvalue weighted by Crippen LogP contribution is 2.14. The van der Waals surface area contributed by atoms with E-state index in [1.54, 1.807) is 4.90 Å². The quantitative estimate of drug-likeness (QED) is 0.474. The number of aliphatic hydroxyl groups is 1. The number of nitrogen functional groups attached to an aromatic ring is 1. The number of hydrogen-bond donors (Lipinski definition) is 3. The number of aromatic nitrogens is 2. The van der Waals surface area contributed by atoms with Crippen LogP contribution in [-0.4, -0.2) is 57.8 Å². The van der Waals surface area contributed by atoms with E-state index in [0.29, 0.717) is 18.9 Å². The fourth-order valence-corrected chi connectivity index (χ4v) is 2.01. The molecule has 4 N–H and O–H groups in total. The van der Waals surface area contributed by atoms with Crippen molar-refractivity contribution in [3.05, 3.63) is 18.1 Å². The molecular formula is C11H17N5O3. The number of nitrogens with two attached hydrogens (primary N) is 1. The molecule has 0 saturated carbocycles. The van der Waals surface area contributed by atoms with Gasteiger partial charge in [-0.05, 0) is 6.92 Å². The molecule has 0 aromatic carbocycles. The lowest BCUT2D eigenvalue weighted by atomic mass is 10.2. The summed E-state index contributed by atoms with van der Waals surface area (Å²) in [6.45, 7) is 2.52. The summed E-state index contributed by atoms with van der Waals surface area (Å²) in [6.07, 6.45) is 2.32. The van der Waals surface area contributed by atoms with Gasteiger partial charge in [-0.3, -0.25) is 9.78 Å². The van der Waals surface area contributed by atoms with Crippen LogP contribution in [0.25, 0.3) is 0 Å². The van der Waals surface area contributed by atoms with Crippen LogP contribution in [0.3, 0.4) is 0 Å². The van der Waals surface area contributed by atoms with Crippen LogP contribution in [0.15, 0.2) is 12.4 Å². The molecule has 1 aromatic heterocycles. The molecule has 2 heterocycles. The van der Waals surface area contributed by atoms with E-state index < -0.39 is 0 Å². The average Bonchev–Trinajstić information content (AvgIpc) is 2.45. The van der Waals surface area contributed by atoms with E-state index >= 15 is 0 Å². The van der Waals surface area contributed by atoms with E-state index in [1.165, 1.54) is 12.4 Å². The molecule has 1 amide bonds. The van der Waals surface area contributed by atoms with Crippen molar-refractivity contribution in [1.82, 2.24) is 14.9 Å². The minimum absolute atomic E-state index is 0.121. The van der Waals surface area contributed by atoms with Crippen molar-refractivity contribution in [3.63, 3.8) is 0 Å². The van der Waals surface area contributed by atoms with Gasteiger partial charge in [-0.25, -0.2) is 10.8 Å². The van der Waals surface area contributed by atoms with Gasteiger partial charge in [0.2, 0.25) is 0 Å². The van der Waals surface area contributed by atoms with Crippen molar-refractivity contribution in [3.8, 4) is 0 Å². The van der Waals surface area contributed by atoms with E-state index in [2.05, 4.69) is 15.4 Å². The third-order valence-electron chi connectivity index (χ3n) is 2.82. The molecule has 2 unspecified atom stereocenters. The lowest BCUT2D eigenvalue weighted by Crippen LogP contribution is -2.50. The molecule has 1 aliphatic heterocycles. The van der Waals surface area contributed by atoms with Gasteiger partial charge in [-0.2, -0.15) is 0 Å². The number of morpholine rings is 1. The molecule has 1 fully saturated rings. The Morgan fingerprint density at radius 2 is 2.42 bits per heavy atom. The van der Waals surface area contributed by atoms with Crippen molar-refractivity contribution in [2.75, 3.05) is 25.1 Å². The van der Waals surface area contributed by atoms with E-state index in [0.717, 1.165) is 0 Å². The zero-order valence-electron chi connectivity index (χ0n) is 10.6. The first kappa shape index (κ1) is 13.7. The second kappa shape index (κ2) is 5.91. The van der Waals surface area contributed by atoms with Crippen LogP contribution in [0.2, 0.25) is 0 Å². The molecule has 0 radical (unpaired) electrons. The molecule has 1 aromatic rings. The summed E-state index contributed by atoms with van der Waals surface area (Å²) in [5.41, 5.74) is 2.55. The number of amides is 1. The van der Waals surface area contributed by atoms with E-state index in [9.17, 15) is 4.79 Å². The number of aliphatic hydroxyl groups excluding tert-OH is 1. The monoisotopic (exact) mass is 267 g/mol. The molecule has 19 heavy (non-hydrogen) atoms. The highest BCUT2D eigenvalue weighted by Gasteiger charge is 2.29. The van der Waals surface area contributed by atoms with Crippen molar-refractivity contribution in [2.24, 2.45) is 5.84 Å². The second-order valence-electron chi connectivity index (χ2n) is 4.40. The topological polar surface area (TPSA) is 114 Å². The zero-order valence-corrected chi connectivity index (χ0v) is 10.6. The summed E-state index contributed by atoms with van der Waals surface area (Å²) in [6, 6.07) is 0. The maximum Gasteiger partial charge on any atom is 0.274 e. The first-order chi connectivity index (χ1) is 9.13. The maximum atomic E-state index is 12.3. The molecule has 104 valence electrons. The van der Waals surface area contributed by atoms with Gasteiger partial charge in [0.15, 0.2) is 5.82 Å². The standard InChI is InChI=1S/C11H17N5O3/c1-7-4-16(5-8(6-17)19-7)11(18)9-2-13-3-10(14-9)15-12/h2-3,7-8,17H,4-6,12H2,1H3,(H,14,15). The Morgan fingerprint density at radius 1 is 1.63 bits per heavy atom. The Balaban J connectivity index is 2.13. The third kappa shape index (κ3) is 3.16. The summed E-state index contributed by atoms with van der Waals surface area (Å²) < 4.78 is 5.48. The predicted molar refractivity (Wildman–Crippen MR) is 67.2 cm³/mol. The summed E-state index contributed by atoms with van der Waals surface area (Å²) in [5.74, 6) is 5.31. The largest absolute Gasteiger partial charge is 0.394 e. The van der Waals surface area contributed by atoms with Crippen LogP contribution < -0.4 is 11.3 Å². The second-order valence-corrected chi connectivity index (χ2v) is 4.40. The lowest BCUT2D eigenvalue weighted by molar-refractivity contribution is -0.0859. The molecular weight excluding hydrogens is 250 g/mol. The minimum atomic E-state index is -0.364. The van der Waals surface area contributed by atoms with Gasteiger partial charge >= 0.3 is 0 Å². The van der Waals surface area contributed by atoms with Crippen LogP contribution in [-0.2, 0) is 4.74 Å². The number of nitrogens with one attached hydrogen (secondary N) is 1. The van der Waals surface area contributed by atoms with Crippen LogP contribution in [0.4, 0.5) is 5.82 Å². The van der Waals surface area contributed by atoms with Crippen molar-refractivity contribution in [2.45, 2.75) is 19.1 Å². The highest BCUT2D eigenvalue weighted by molar-refractivity contribution is 5.92. The smallest absolute Gasteiger partial charge is 0.274 e. The van der Waals surface area contributed by atoms with Gasteiger partial charge in [-0.15, -0.1) is 0 Å². The SMILES string of the molecule is CC1CN(C(=O)c2cncc(NN)n2)CC(CO)O1. The molecule has 1 saturated heterocycles. The first-order valence-electron chi connectivity index (χ1n) is 5.98. The fraction of sp³-hybridized carbons (Fsp3) is 0.545. The number of carbonyl (C=O) groups excluding carboxylic acids is 1. The summed E-state index contributed by atoms with van der Waals surface area (Å²) in [5, 5.41) is 9.14. The van der Waals surface area contributed by atoms with Gasteiger partial charge in [0.25, 0.3) is 5.91 Å². The number of hydrazine groups is 1. The molecule has 0 bridgehead atoms. The lowest BCUT2D eigenvalue weighted by Gasteiger charge is -2.35. The number of carbonyl (C=O) groups is 1. The Morgan fingerprint density at radius 3 is 3.11 bits per heavy atom. The van der Waals surface area contributed by atoms with Gasteiger partial charge in [0, 0.05) is 13.1 Å². The van der Waals surface area contributed by atoms with Gasteiger partial charge < -0.3 is 20.2 Å². The molecule has 2 atom stereocenters. The van der Waals surface area contributed by atoms with E-state index in [-0.39, 0.29) is 30.4 Å². The summed E-state index contributed by atoms with van der Waals surface area (Å²) in [4.78, 5) is 21.8. The summed E-state index contributed by atoms with van der Waals surface area (Å²) in [7, 11) is 0. The van der Waals surface area contributed by atoms with Crippen LogP contribution in [0.5, 0.6) is 0 Å². The Bertz CT molecular complexity index is 456. The number of hydrogen-bond acceptors (Lipinski definition) is 7. The number of anilines is 1. The molecule has 8 nitrogen and oxygen atoms in total. The number of rotatable bonds is 3. The van der Waals surface area contributed by atoms with E-state index in [4.69, 9.17) is 15.7 Å². The fourth-order valence-electron chi connectivity index (χ4n) is 2.01. The molecule has 0 spiro atoms. The molecule has 0 aliphatic carbocycles. The van der Waals surface area contributed by atoms with Crippen molar-refractivity contribution in [1.29, 1.82) is 0 Å². The van der Waals surface area contributed by atoms with Crippen LogP contribution in [0.1, 0.15) is 17.4 Å². The first-order valence-corrected chi connectivity index (χ1v) is 5.98. The summed E-state index contributed by atoms with van der Waals surface area (Å²) >= 11 is 0. The van der Waals surface area contributed by atoms with Crippen molar-refractivity contribution < 1.29 is 14.6 Å². The van der Waals surface area contributed by atoms with Crippen LogP contribution >= 0.6 is 0 Å². The normalized spacial score (nSPS) is 23.2. The number of ether oxygens (including phenoxy) is 1. The highest BCUT2D eigenvalue weighted by atomic mass is 16.5. The number of nitrogens with zero attached hydrogens (tertiary/aromatic N) is 3. The molecule has 2 rings (SSSR count). The Labute approximate surface area is 110 Å². The molecule has 1 aliphatic rings. The predicted octanol–water partition coefficient (Wildman–Crippen LogP) is -1.02. The third-order valence-corrected chi connectivity index (χ3v) is 2.82. The molecule has 8 heteroatoms. The minimum Gasteiger partial charge on any atom is -0.394 e.